The molecule has 198 valence electrons. The summed E-state index contributed by atoms with van der Waals surface area (Å²) in [7, 11) is -3.59. The maximum Gasteiger partial charge on any atom is 0.242 e. The maximum absolute atomic E-state index is 13.3. The van der Waals surface area contributed by atoms with Crippen molar-refractivity contribution in [3.63, 3.8) is 0 Å². The average Bonchev–Trinajstić information content (AvgIpc) is 2.80. The van der Waals surface area contributed by atoms with E-state index in [2.05, 4.69) is 21.2 Å². The van der Waals surface area contributed by atoms with Crippen LogP contribution in [0.4, 0.5) is 5.69 Å². The van der Waals surface area contributed by atoms with Crippen LogP contribution >= 0.6 is 27.5 Å². The molecule has 0 heterocycles. The Kier molecular flexibility index (Phi) is 11.3. The summed E-state index contributed by atoms with van der Waals surface area (Å²) in [5.41, 5.74) is 2.04. The van der Waals surface area contributed by atoms with Crippen molar-refractivity contribution < 1.29 is 18.0 Å². The van der Waals surface area contributed by atoms with Crippen molar-refractivity contribution in [1.29, 1.82) is 0 Å². The normalized spacial score (nSPS) is 12.3. The molecule has 0 aromatic heterocycles. The molecule has 7 nitrogen and oxygen atoms in total. The first-order valence-corrected chi connectivity index (χ1v) is 14.9. The van der Waals surface area contributed by atoms with E-state index in [1.807, 2.05) is 38.1 Å². The van der Waals surface area contributed by atoms with Crippen LogP contribution in [0.5, 0.6) is 0 Å². The van der Waals surface area contributed by atoms with E-state index in [-0.39, 0.29) is 43.7 Å². The summed E-state index contributed by atoms with van der Waals surface area (Å²) in [5.74, 6) is -0.156. The van der Waals surface area contributed by atoms with Gasteiger partial charge in [-0.1, -0.05) is 59.6 Å². The third-order valence-electron chi connectivity index (χ3n) is 5.78. The van der Waals surface area contributed by atoms with Gasteiger partial charge < -0.3 is 10.2 Å². The summed E-state index contributed by atoms with van der Waals surface area (Å²) in [6, 6.07) is 12.0. The molecular formula is C26H35BrClN3O4S. The number of nitrogens with zero attached hydrogens (tertiary/aromatic N) is 2. The standard InChI is InChI=1S/C26H35BrClN3O4S/c1-18(2)16-29-26(33)20(4)30(17-21-11-13-22(27)14-12-21)25(32)10-7-15-31(36(5,34)35)24-9-6-8-23(28)19(24)3/h6,8-9,11-14,18,20H,7,10,15-17H2,1-5H3,(H,29,33). The lowest BCUT2D eigenvalue weighted by molar-refractivity contribution is -0.140. The monoisotopic (exact) mass is 599 g/mol. The Labute approximate surface area is 228 Å². The Hall–Kier alpha value is -2.10. The molecule has 10 heteroatoms. The fourth-order valence-electron chi connectivity index (χ4n) is 3.67. The predicted octanol–water partition coefficient (Wildman–Crippen LogP) is 5.15. The van der Waals surface area contributed by atoms with Crippen LogP contribution in [0, 0.1) is 12.8 Å². The number of anilines is 1. The zero-order valence-corrected chi connectivity index (χ0v) is 24.6. The summed E-state index contributed by atoms with van der Waals surface area (Å²) in [6.07, 6.45) is 1.51. The van der Waals surface area contributed by atoms with Crippen molar-refractivity contribution in [2.24, 2.45) is 5.92 Å². The predicted molar refractivity (Wildman–Crippen MR) is 150 cm³/mol. The number of halogens is 2. The third-order valence-corrected chi connectivity index (χ3v) is 7.90. The molecule has 0 bridgehead atoms. The number of rotatable bonds is 12. The Balaban J connectivity index is 2.19. The van der Waals surface area contributed by atoms with Gasteiger partial charge in [0.15, 0.2) is 0 Å². The van der Waals surface area contributed by atoms with Gasteiger partial charge in [-0.05, 0) is 61.6 Å². The number of sulfonamides is 1. The van der Waals surface area contributed by atoms with Crippen LogP contribution < -0.4 is 9.62 Å². The number of carbonyl (C=O) groups is 2. The lowest BCUT2D eigenvalue weighted by Gasteiger charge is -2.30. The van der Waals surface area contributed by atoms with E-state index in [0.717, 1.165) is 16.3 Å². The lowest BCUT2D eigenvalue weighted by Crippen LogP contribution is -2.48. The molecule has 36 heavy (non-hydrogen) atoms. The molecule has 0 radical (unpaired) electrons. The molecule has 0 spiro atoms. The van der Waals surface area contributed by atoms with Crippen LogP contribution in [-0.2, 0) is 26.2 Å². The van der Waals surface area contributed by atoms with Crippen LogP contribution in [0.1, 0.15) is 44.7 Å². The van der Waals surface area contributed by atoms with Crippen molar-refractivity contribution in [1.82, 2.24) is 10.2 Å². The SMILES string of the molecule is Cc1c(Cl)cccc1N(CCCC(=O)N(Cc1ccc(Br)cc1)C(C)C(=O)NCC(C)C)S(C)(=O)=O. The average molecular weight is 601 g/mol. The van der Waals surface area contributed by atoms with E-state index in [4.69, 9.17) is 11.6 Å². The second-order valence-corrected chi connectivity index (χ2v) is 12.5. The molecule has 2 aromatic rings. The van der Waals surface area contributed by atoms with Gasteiger partial charge in [-0.2, -0.15) is 0 Å². The van der Waals surface area contributed by atoms with Crippen LogP contribution in [0.15, 0.2) is 46.9 Å². The van der Waals surface area contributed by atoms with Gasteiger partial charge in [-0.15, -0.1) is 0 Å². The molecule has 0 aliphatic rings. The van der Waals surface area contributed by atoms with Crippen LogP contribution in [0.3, 0.4) is 0 Å². The Morgan fingerprint density at radius 1 is 1.08 bits per heavy atom. The zero-order valence-electron chi connectivity index (χ0n) is 21.4. The van der Waals surface area contributed by atoms with Crippen molar-refractivity contribution >= 4 is 55.1 Å². The van der Waals surface area contributed by atoms with Crippen LogP contribution in [-0.4, -0.2) is 50.5 Å². The van der Waals surface area contributed by atoms with Crippen LogP contribution in [0.2, 0.25) is 5.02 Å². The van der Waals surface area contributed by atoms with Crippen LogP contribution in [0.25, 0.3) is 0 Å². The van der Waals surface area contributed by atoms with E-state index in [0.29, 0.717) is 22.8 Å². The van der Waals surface area contributed by atoms with E-state index < -0.39 is 16.1 Å². The number of benzene rings is 2. The number of nitrogens with one attached hydrogen (secondary N) is 1. The van der Waals surface area contributed by atoms with Crippen molar-refractivity contribution in [3.8, 4) is 0 Å². The molecular weight excluding hydrogens is 566 g/mol. The minimum atomic E-state index is -3.59. The van der Waals surface area contributed by atoms with Gasteiger partial charge in [-0.3, -0.25) is 13.9 Å². The fourth-order valence-corrected chi connectivity index (χ4v) is 5.12. The number of amides is 2. The second kappa shape index (κ2) is 13.4. The minimum absolute atomic E-state index is 0.0873. The highest BCUT2D eigenvalue weighted by atomic mass is 79.9. The summed E-state index contributed by atoms with van der Waals surface area (Å²) in [5, 5.41) is 3.37. The summed E-state index contributed by atoms with van der Waals surface area (Å²) in [4.78, 5) is 27.7. The van der Waals surface area contributed by atoms with Crippen molar-refractivity contribution in [2.45, 2.75) is 53.1 Å². The molecule has 0 saturated carbocycles. The van der Waals surface area contributed by atoms with Gasteiger partial charge in [0.1, 0.15) is 6.04 Å². The highest BCUT2D eigenvalue weighted by Crippen LogP contribution is 2.28. The van der Waals surface area contributed by atoms with E-state index >= 15 is 0 Å². The smallest absolute Gasteiger partial charge is 0.242 e. The molecule has 1 unspecified atom stereocenters. The van der Waals surface area contributed by atoms with Gasteiger partial charge in [0.2, 0.25) is 21.8 Å². The summed E-state index contributed by atoms with van der Waals surface area (Å²) < 4.78 is 27.3. The molecule has 1 N–H and O–H groups in total. The zero-order chi connectivity index (χ0) is 27.0. The van der Waals surface area contributed by atoms with Gasteiger partial charge >= 0.3 is 0 Å². The highest BCUT2D eigenvalue weighted by Gasteiger charge is 2.27. The van der Waals surface area contributed by atoms with E-state index in [1.54, 1.807) is 36.9 Å². The quantitative estimate of drug-likeness (QED) is 0.365. The van der Waals surface area contributed by atoms with Gasteiger partial charge in [-0.25, -0.2) is 8.42 Å². The minimum Gasteiger partial charge on any atom is -0.354 e. The Morgan fingerprint density at radius 3 is 2.31 bits per heavy atom. The number of carbonyl (C=O) groups excluding carboxylic acids is 2. The number of hydrogen-bond acceptors (Lipinski definition) is 4. The van der Waals surface area contributed by atoms with Gasteiger partial charge in [0.25, 0.3) is 0 Å². The van der Waals surface area contributed by atoms with Crippen molar-refractivity contribution in [3.05, 3.63) is 63.1 Å². The van der Waals surface area contributed by atoms with Crippen molar-refractivity contribution in [2.75, 3.05) is 23.7 Å². The summed E-state index contributed by atoms with van der Waals surface area (Å²) in [6.45, 7) is 8.39. The molecule has 0 saturated heterocycles. The molecule has 2 amide bonds. The molecule has 1 atom stereocenters. The molecule has 0 aliphatic heterocycles. The van der Waals surface area contributed by atoms with Gasteiger partial charge in [0, 0.05) is 35.6 Å². The molecule has 2 aromatic carbocycles. The highest BCUT2D eigenvalue weighted by molar-refractivity contribution is 9.10. The topological polar surface area (TPSA) is 86.8 Å². The molecule has 2 rings (SSSR count). The lowest BCUT2D eigenvalue weighted by atomic mass is 10.1. The number of hydrogen-bond donors (Lipinski definition) is 1. The first-order valence-electron chi connectivity index (χ1n) is 11.9. The first-order chi connectivity index (χ1) is 16.8. The Bertz CT molecular complexity index is 1160. The largest absolute Gasteiger partial charge is 0.354 e. The summed E-state index contributed by atoms with van der Waals surface area (Å²) >= 11 is 9.62. The fraction of sp³-hybridized carbons (Fsp3) is 0.462. The van der Waals surface area contributed by atoms with E-state index in [1.165, 1.54) is 4.31 Å². The third kappa shape index (κ3) is 8.78. The Morgan fingerprint density at radius 2 is 1.72 bits per heavy atom. The van der Waals surface area contributed by atoms with E-state index in [9.17, 15) is 18.0 Å². The second-order valence-electron chi connectivity index (χ2n) is 9.29. The first kappa shape index (κ1) is 30.1. The molecule has 0 fully saturated rings. The molecule has 0 aliphatic carbocycles. The maximum atomic E-state index is 13.3. The van der Waals surface area contributed by atoms with Gasteiger partial charge in [0.05, 0.1) is 11.9 Å².